The maximum absolute atomic E-state index is 11.3. The van der Waals surface area contributed by atoms with Crippen molar-refractivity contribution in [2.24, 2.45) is 0 Å². The van der Waals surface area contributed by atoms with Crippen LogP contribution in [-0.2, 0) is 4.79 Å². The Hall–Kier alpha value is -1.70. The van der Waals surface area contributed by atoms with Gasteiger partial charge in [0.05, 0.1) is 6.42 Å². The number of urea groups is 1. The van der Waals surface area contributed by atoms with Crippen molar-refractivity contribution in [3.05, 3.63) is 0 Å². The molecule has 0 heterocycles. The van der Waals surface area contributed by atoms with Crippen molar-refractivity contribution in [2.75, 3.05) is 20.1 Å². The van der Waals surface area contributed by atoms with Crippen molar-refractivity contribution in [1.82, 2.24) is 10.2 Å². The molecule has 0 bridgehead atoms. The molecule has 84 valence electrons. The summed E-state index contributed by atoms with van der Waals surface area (Å²) in [5.41, 5.74) is 0. The van der Waals surface area contributed by atoms with Crippen LogP contribution in [0.15, 0.2) is 0 Å². The van der Waals surface area contributed by atoms with E-state index in [1.54, 1.807) is 14.0 Å². The number of aliphatic carboxylic acids is 1. The molecule has 0 unspecified atom stereocenters. The van der Waals surface area contributed by atoms with E-state index in [4.69, 9.17) is 5.11 Å². The van der Waals surface area contributed by atoms with Crippen molar-refractivity contribution in [3.8, 4) is 11.8 Å². The maximum Gasteiger partial charge on any atom is 0.317 e. The van der Waals surface area contributed by atoms with Crippen LogP contribution in [0.3, 0.4) is 0 Å². The van der Waals surface area contributed by atoms with Crippen LogP contribution in [0.5, 0.6) is 0 Å². The molecule has 0 radical (unpaired) electrons. The van der Waals surface area contributed by atoms with Gasteiger partial charge in [-0.2, -0.15) is 0 Å². The number of carboxylic acids is 1. The number of carboxylic acid groups (broad SMARTS) is 1. The minimum Gasteiger partial charge on any atom is -0.481 e. The van der Waals surface area contributed by atoms with Crippen LogP contribution in [0.1, 0.15) is 19.8 Å². The predicted molar refractivity (Wildman–Crippen MR) is 56.3 cm³/mol. The summed E-state index contributed by atoms with van der Waals surface area (Å²) in [7, 11) is 1.56. The molecule has 0 saturated heterocycles. The summed E-state index contributed by atoms with van der Waals surface area (Å²) in [5, 5.41) is 11.0. The van der Waals surface area contributed by atoms with Gasteiger partial charge in [-0.05, 0) is 6.92 Å². The second-order valence-corrected chi connectivity index (χ2v) is 2.97. The Morgan fingerprint density at radius 1 is 1.47 bits per heavy atom. The molecule has 0 spiro atoms. The monoisotopic (exact) mass is 212 g/mol. The highest BCUT2D eigenvalue weighted by Gasteiger charge is 2.08. The van der Waals surface area contributed by atoms with Gasteiger partial charge in [-0.1, -0.05) is 0 Å². The van der Waals surface area contributed by atoms with Crippen LogP contribution in [0.2, 0.25) is 0 Å². The van der Waals surface area contributed by atoms with E-state index in [0.29, 0.717) is 13.0 Å². The van der Waals surface area contributed by atoms with Gasteiger partial charge >= 0.3 is 12.0 Å². The minimum atomic E-state index is -0.911. The van der Waals surface area contributed by atoms with Crippen LogP contribution < -0.4 is 5.32 Å². The zero-order chi connectivity index (χ0) is 11.7. The first-order chi connectivity index (χ1) is 7.07. The summed E-state index contributed by atoms with van der Waals surface area (Å²) in [4.78, 5) is 22.9. The maximum atomic E-state index is 11.3. The molecule has 0 aromatic carbocycles. The lowest BCUT2D eigenvalue weighted by Crippen LogP contribution is -2.38. The van der Waals surface area contributed by atoms with E-state index >= 15 is 0 Å². The van der Waals surface area contributed by atoms with Gasteiger partial charge in [0.1, 0.15) is 0 Å². The van der Waals surface area contributed by atoms with Gasteiger partial charge in [0, 0.05) is 26.6 Å². The molecule has 15 heavy (non-hydrogen) atoms. The summed E-state index contributed by atoms with van der Waals surface area (Å²) in [5.74, 6) is 4.62. The van der Waals surface area contributed by atoms with Crippen molar-refractivity contribution >= 4 is 12.0 Å². The smallest absolute Gasteiger partial charge is 0.317 e. The lowest BCUT2D eigenvalue weighted by molar-refractivity contribution is -0.137. The zero-order valence-electron chi connectivity index (χ0n) is 9.04. The second kappa shape index (κ2) is 7.68. The quantitative estimate of drug-likeness (QED) is 0.515. The molecule has 0 aliphatic heterocycles. The van der Waals surface area contributed by atoms with E-state index in [0.717, 1.165) is 0 Å². The Balaban J connectivity index is 3.67. The van der Waals surface area contributed by atoms with Crippen LogP contribution in [0.4, 0.5) is 4.79 Å². The van der Waals surface area contributed by atoms with Gasteiger partial charge in [-0.3, -0.25) is 4.79 Å². The topological polar surface area (TPSA) is 69.6 Å². The zero-order valence-corrected chi connectivity index (χ0v) is 9.04. The number of carbonyl (C=O) groups excluding carboxylic acids is 1. The highest BCUT2D eigenvalue weighted by atomic mass is 16.4. The molecule has 0 aliphatic rings. The van der Waals surface area contributed by atoms with Crippen molar-refractivity contribution < 1.29 is 14.7 Å². The van der Waals surface area contributed by atoms with Gasteiger partial charge in [0.2, 0.25) is 0 Å². The summed E-state index contributed by atoms with van der Waals surface area (Å²) < 4.78 is 0. The van der Waals surface area contributed by atoms with Gasteiger partial charge in [-0.25, -0.2) is 4.79 Å². The summed E-state index contributed by atoms with van der Waals surface area (Å²) in [6.07, 6.45) is 0.563. The minimum absolute atomic E-state index is 0.0430. The number of hydrogen-bond acceptors (Lipinski definition) is 2. The Kier molecular flexibility index (Phi) is 6.81. The van der Waals surface area contributed by atoms with Gasteiger partial charge < -0.3 is 15.3 Å². The van der Waals surface area contributed by atoms with Crippen LogP contribution >= 0.6 is 0 Å². The van der Waals surface area contributed by atoms with E-state index in [1.165, 1.54) is 4.90 Å². The molecule has 0 aliphatic carbocycles. The first kappa shape index (κ1) is 13.3. The molecule has 0 saturated carbocycles. The number of nitrogens with zero attached hydrogens (tertiary/aromatic N) is 1. The van der Waals surface area contributed by atoms with Crippen LogP contribution in [-0.4, -0.2) is 42.1 Å². The van der Waals surface area contributed by atoms with Crippen LogP contribution in [0, 0.1) is 11.8 Å². The average Bonchev–Trinajstić information content (AvgIpc) is 2.20. The lowest BCUT2D eigenvalue weighted by Gasteiger charge is -2.16. The number of rotatable bonds is 5. The fraction of sp³-hybridized carbons (Fsp3) is 0.600. The Morgan fingerprint density at radius 2 is 2.13 bits per heavy atom. The third-order valence-electron chi connectivity index (χ3n) is 1.71. The summed E-state index contributed by atoms with van der Waals surface area (Å²) in [6, 6.07) is -0.269. The van der Waals surface area contributed by atoms with E-state index in [9.17, 15) is 9.59 Å². The van der Waals surface area contributed by atoms with E-state index in [2.05, 4.69) is 17.2 Å². The van der Waals surface area contributed by atoms with Crippen molar-refractivity contribution in [1.29, 1.82) is 0 Å². The third-order valence-corrected chi connectivity index (χ3v) is 1.71. The van der Waals surface area contributed by atoms with Crippen LogP contribution in [0.25, 0.3) is 0 Å². The molecule has 5 nitrogen and oxygen atoms in total. The van der Waals surface area contributed by atoms with E-state index in [-0.39, 0.29) is 19.0 Å². The van der Waals surface area contributed by atoms with E-state index in [1.807, 2.05) is 0 Å². The van der Waals surface area contributed by atoms with Crippen molar-refractivity contribution in [2.45, 2.75) is 19.8 Å². The van der Waals surface area contributed by atoms with Gasteiger partial charge in [0.25, 0.3) is 0 Å². The number of amides is 2. The fourth-order valence-electron chi connectivity index (χ4n) is 0.857. The first-order valence-electron chi connectivity index (χ1n) is 4.68. The first-order valence-corrected chi connectivity index (χ1v) is 4.68. The lowest BCUT2D eigenvalue weighted by atomic mass is 10.4. The molecule has 2 N–H and O–H groups in total. The molecular weight excluding hydrogens is 196 g/mol. The highest BCUT2D eigenvalue weighted by molar-refractivity contribution is 5.74. The average molecular weight is 212 g/mol. The molecule has 0 aromatic rings. The summed E-state index contributed by atoms with van der Waals surface area (Å²) >= 11 is 0. The fourth-order valence-corrected chi connectivity index (χ4v) is 0.857. The molecule has 0 atom stereocenters. The standard InChI is InChI=1S/C10H16N2O3/c1-3-4-5-7-11-10(15)12(2)8-6-9(13)14/h5-8H2,1-2H3,(H,11,15)(H,13,14). The molecule has 0 aromatic heterocycles. The third kappa shape index (κ3) is 7.38. The SMILES string of the molecule is CC#CCCNC(=O)N(C)CCC(=O)O. The highest BCUT2D eigenvalue weighted by Crippen LogP contribution is 1.88. The van der Waals surface area contributed by atoms with Gasteiger partial charge in [-0.15, -0.1) is 11.8 Å². The van der Waals surface area contributed by atoms with E-state index < -0.39 is 5.97 Å². The predicted octanol–water partition coefficient (Wildman–Crippen LogP) is 0.516. The Morgan fingerprint density at radius 3 is 2.67 bits per heavy atom. The molecule has 5 heteroatoms. The molecule has 0 fully saturated rings. The largest absolute Gasteiger partial charge is 0.481 e. The molecular formula is C10H16N2O3. The number of hydrogen-bond donors (Lipinski definition) is 2. The van der Waals surface area contributed by atoms with Gasteiger partial charge in [0.15, 0.2) is 0 Å². The summed E-state index contributed by atoms with van der Waals surface area (Å²) in [6.45, 7) is 2.43. The normalized spacial score (nSPS) is 8.67. The second-order valence-electron chi connectivity index (χ2n) is 2.97. The molecule has 0 rings (SSSR count). The molecule has 2 amide bonds. The Bertz CT molecular complexity index is 278. The van der Waals surface area contributed by atoms with Crippen molar-refractivity contribution in [3.63, 3.8) is 0 Å². The Labute approximate surface area is 89.4 Å². The number of nitrogens with one attached hydrogen (secondary N) is 1. The number of carbonyl (C=O) groups is 2.